The zero-order chi connectivity index (χ0) is 12.3. The number of rotatable bonds is 3. The minimum absolute atomic E-state index is 0.193. The van der Waals surface area contributed by atoms with Crippen LogP contribution in [0.3, 0.4) is 0 Å². The van der Waals surface area contributed by atoms with Crippen molar-refractivity contribution in [1.82, 2.24) is 5.32 Å². The van der Waals surface area contributed by atoms with E-state index in [0.29, 0.717) is 35.3 Å². The summed E-state index contributed by atoms with van der Waals surface area (Å²) < 4.78 is 5.75. The molecule has 0 unspecified atom stereocenters. The van der Waals surface area contributed by atoms with Crippen molar-refractivity contribution in [2.75, 3.05) is 19.8 Å². The molecule has 0 spiro atoms. The van der Waals surface area contributed by atoms with E-state index >= 15 is 0 Å². The SMILES string of the molecule is O=C(NCC1(O)CCOCC1)c1ccc(Cl)s1. The molecule has 1 saturated heterocycles. The molecule has 0 bridgehead atoms. The van der Waals surface area contributed by atoms with Gasteiger partial charge in [-0.1, -0.05) is 11.6 Å². The summed E-state index contributed by atoms with van der Waals surface area (Å²) in [6.45, 7) is 1.33. The number of thiophene rings is 1. The maximum Gasteiger partial charge on any atom is 0.261 e. The normalized spacial score (nSPS) is 18.9. The van der Waals surface area contributed by atoms with Gasteiger partial charge in [0, 0.05) is 32.6 Å². The standard InChI is InChI=1S/C11H14ClNO3S/c12-9-2-1-8(17-9)10(14)13-7-11(15)3-5-16-6-4-11/h1-2,15H,3-7H2,(H,13,14). The van der Waals surface area contributed by atoms with Crippen LogP contribution in [0.5, 0.6) is 0 Å². The average Bonchev–Trinajstić information content (AvgIpc) is 2.74. The highest BCUT2D eigenvalue weighted by Crippen LogP contribution is 2.22. The minimum Gasteiger partial charge on any atom is -0.388 e. The summed E-state index contributed by atoms with van der Waals surface area (Å²) in [7, 11) is 0. The third-order valence-corrected chi connectivity index (χ3v) is 4.03. The third kappa shape index (κ3) is 3.42. The Morgan fingerprint density at radius 1 is 1.53 bits per heavy atom. The van der Waals surface area contributed by atoms with Crippen LogP contribution in [-0.4, -0.2) is 36.4 Å². The predicted octanol–water partition coefficient (Wildman–Crippen LogP) is 1.67. The van der Waals surface area contributed by atoms with E-state index in [2.05, 4.69) is 5.32 Å². The Labute approximate surface area is 109 Å². The van der Waals surface area contributed by atoms with Gasteiger partial charge in [0.15, 0.2) is 0 Å². The highest BCUT2D eigenvalue weighted by Gasteiger charge is 2.30. The molecule has 0 atom stereocenters. The number of amides is 1. The molecule has 1 fully saturated rings. The van der Waals surface area contributed by atoms with E-state index in [9.17, 15) is 9.90 Å². The highest BCUT2D eigenvalue weighted by atomic mass is 35.5. The molecule has 1 aromatic rings. The Balaban J connectivity index is 1.87. The molecule has 0 radical (unpaired) electrons. The second-order valence-corrected chi connectivity index (χ2v) is 5.84. The monoisotopic (exact) mass is 275 g/mol. The number of carbonyl (C=O) groups is 1. The molecule has 1 amide bonds. The molecular weight excluding hydrogens is 262 g/mol. The van der Waals surface area contributed by atoms with Crippen molar-refractivity contribution in [3.05, 3.63) is 21.3 Å². The Kier molecular flexibility index (Phi) is 4.04. The fourth-order valence-corrected chi connectivity index (χ4v) is 2.66. The van der Waals surface area contributed by atoms with E-state index in [1.54, 1.807) is 12.1 Å². The van der Waals surface area contributed by atoms with E-state index in [-0.39, 0.29) is 12.5 Å². The maximum absolute atomic E-state index is 11.7. The van der Waals surface area contributed by atoms with Gasteiger partial charge in [0.25, 0.3) is 5.91 Å². The second-order valence-electron chi connectivity index (χ2n) is 4.12. The second kappa shape index (κ2) is 5.35. The van der Waals surface area contributed by atoms with Crippen molar-refractivity contribution in [3.63, 3.8) is 0 Å². The van der Waals surface area contributed by atoms with Gasteiger partial charge >= 0.3 is 0 Å². The van der Waals surface area contributed by atoms with Crippen LogP contribution in [0.4, 0.5) is 0 Å². The van der Waals surface area contributed by atoms with Crippen LogP contribution < -0.4 is 5.32 Å². The number of ether oxygens (including phenoxy) is 1. The van der Waals surface area contributed by atoms with Gasteiger partial charge in [0.1, 0.15) is 0 Å². The van der Waals surface area contributed by atoms with E-state index in [1.165, 1.54) is 11.3 Å². The Morgan fingerprint density at radius 2 is 2.24 bits per heavy atom. The summed E-state index contributed by atoms with van der Waals surface area (Å²) in [6, 6.07) is 3.36. The van der Waals surface area contributed by atoms with Gasteiger partial charge in [-0.25, -0.2) is 0 Å². The Hall–Kier alpha value is -0.620. The number of aliphatic hydroxyl groups is 1. The van der Waals surface area contributed by atoms with Gasteiger partial charge in [0.2, 0.25) is 0 Å². The number of hydrogen-bond donors (Lipinski definition) is 2. The maximum atomic E-state index is 11.7. The molecule has 0 aromatic carbocycles. The summed E-state index contributed by atoms with van der Waals surface area (Å²) in [5, 5.41) is 12.9. The molecule has 1 aliphatic heterocycles. The topological polar surface area (TPSA) is 58.6 Å². The molecule has 94 valence electrons. The van der Waals surface area contributed by atoms with Gasteiger partial charge < -0.3 is 15.2 Å². The lowest BCUT2D eigenvalue weighted by molar-refractivity contribution is -0.0605. The minimum atomic E-state index is -0.838. The summed E-state index contributed by atoms with van der Waals surface area (Å²) >= 11 is 6.98. The first-order valence-electron chi connectivity index (χ1n) is 5.43. The van der Waals surface area contributed by atoms with Crippen molar-refractivity contribution in [1.29, 1.82) is 0 Å². The summed E-state index contributed by atoms with van der Waals surface area (Å²) in [4.78, 5) is 12.3. The van der Waals surface area contributed by atoms with Gasteiger partial charge in [0.05, 0.1) is 14.8 Å². The van der Waals surface area contributed by atoms with Crippen LogP contribution in [0.1, 0.15) is 22.5 Å². The van der Waals surface area contributed by atoms with Gasteiger partial charge in [-0.05, 0) is 12.1 Å². The third-order valence-electron chi connectivity index (χ3n) is 2.80. The largest absolute Gasteiger partial charge is 0.388 e. The summed E-state index contributed by atoms with van der Waals surface area (Å²) in [5.41, 5.74) is -0.838. The van der Waals surface area contributed by atoms with E-state index in [1.807, 2.05) is 0 Å². The fourth-order valence-electron chi connectivity index (χ4n) is 1.70. The fraction of sp³-hybridized carbons (Fsp3) is 0.545. The smallest absolute Gasteiger partial charge is 0.261 e. The zero-order valence-corrected chi connectivity index (χ0v) is 10.8. The molecule has 1 aliphatic rings. The first kappa shape index (κ1) is 12.8. The highest BCUT2D eigenvalue weighted by molar-refractivity contribution is 7.17. The first-order valence-corrected chi connectivity index (χ1v) is 6.62. The molecule has 17 heavy (non-hydrogen) atoms. The molecule has 0 saturated carbocycles. The van der Waals surface area contributed by atoms with Crippen LogP contribution in [0.25, 0.3) is 0 Å². The molecular formula is C11H14ClNO3S. The van der Waals surface area contributed by atoms with Crippen LogP contribution in [-0.2, 0) is 4.74 Å². The number of nitrogens with one attached hydrogen (secondary N) is 1. The van der Waals surface area contributed by atoms with Gasteiger partial charge in [-0.3, -0.25) is 4.79 Å². The Bertz CT molecular complexity index is 401. The molecule has 2 rings (SSSR count). The average molecular weight is 276 g/mol. The van der Waals surface area contributed by atoms with Crippen molar-refractivity contribution in [2.24, 2.45) is 0 Å². The molecule has 4 nitrogen and oxygen atoms in total. The number of halogens is 1. The van der Waals surface area contributed by atoms with E-state index < -0.39 is 5.60 Å². The van der Waals surface area contributed by atoms with Crippen LogP contribution in [0, 0.1) is 0 Å². The lowest BCUT2D eigenvalue weighted by Crippen LogP contribution is -2.46. The predicted molar refractivity (Wildman–Crippen MR) is 66.7 cm³/mol. The number of carbonyl (C=O) groups excluding carboxylic acids is 1. The first-order chi connectivity index (χ1) is 8.09. The lowest BCUT2D eigenvalue weighted by Gasteiger charge is -2.31. The van der Waals surface area contributed by atoms with Crippen LogP contribution in [0.2, 0.25) is 4.34 Å². The van der Waals surface area contributed by atoms with Gasteiger partial charge in [-0.2, -0.15) is 0 Å². The molecule has 6 heteroatoms. The molecule has 0 aliphatic carbocycles. The lowest BCUT2D eigenvalue weighted by atomic mass is 9.94. The quantitative estimate of drug-likeness (QED) is 0.882. The van der Waals surface area contributed by atoms with Crippen molar-refractivity contribution < 1.29 is 14.6 Å². The van der Waals surface area contributed by atoms with Gasteiger partial charge in [-0.15, -0.1) is 11.3 Å². The molecule has 2 N–H and O–H groups in total. The Morgan fingerprint density at radius 3 is 2.82 bits per heavy atom. The van der Waals surface area contributed by atoms with E-state index in [4.69, 9.17) is 16.3 Å². The van der Waals surface area contributed by atoms with E-state index in [0.717, 1.165) is 0 Å². The molecule has 2 heterocycles. The van der Waals surface area contributed by atoms with Crippen LogP contribution >= 0.6 is 22.9 Å². The van der Waals surface area contributed by atoms with Crippen molar-refractivity contribution in [3.8, 4) is 0 Å². The summed E-state index contributed by atoms with van der Waals surface area (Å²) in [6.07, 6.45) is 1.11. The number of hydrogen-bond acceptors (Lipinski definition) is 4. The van der Waals surface area contributed by atoms with Crippen LogP contribution in [0.15, 0.2) is 12.1 Å². The zero-order valence-electron chi connectivity index (χ0n) is 9.24. The molecule has 1 aromatic heterocycles. The van der Waals surface area contributed by atoms with Crippen molar-refractivity contribution in [2.45, 2.75) is 18.4 Å². The summed E-state index contributed by atoms with van der Waals surface area (Å²) in [5.74, 6) is -0.193. The van der Waals surface area contributed by atoms with Crippen molar-refractivity contribution >= 4 is 28.8 Å².